The molecule has 0 unspecified atom stereocenters. The van der Waals surface area contributed by atoms with Crippen LogP contribution in [0.15, 0.2) is 72.8 Å². The third-order valence-corrected chi connectivity index (χ3v) is 5.92. The lowest BCUT2D eigenvalue weighted by Gasteiger charge is -2.23. The molecule has 0 aliphatic rings. The zero-order chi connectivity index (χ0) is 22.6. The largest absolute Gasteiger partial charge is 0.346 e. The van der Waals surface area contributed by atoms with Crippen molar-refractivity contribution in [3.63, 3.8) is 0 Å². The van der Waals surface area contributed by atoms with Gasteiger partial charge in [-0.3, -0.25) is 9.10 Å². The van der Waals surface area contributed by atoms with E-state index in [4.69, 9.17) is 0 Å². The van der Waals surface area contributed by atoms with Crippen LogP contribution < -0.4 is 9.62 Å². The smallest absolute Gasteiger partial charge is 0.251 e. The molecule has 0 aliphatic heterocycles. The van der Waals surface area contributed by atoms with E-state index in [1.807, 2.05) is 0 Å². The molecule has 3 aromatic rings. The van der Waals surface area contributed by atoms with Gasteiger partial charge in [0.05, 0.1) is 24.5 Å². The maximum atomic E-state index is 13.1. The lowest BCUT2D eigenvalue weighted by molar-refractivity contribution is 0.0940. The molecule has 5 nitrogen and oxygen atoms in total. The molecular weight excluding hydrogens is 422 g/mol. The number of hydrogen-bond donors (Lipinski definition) is 1. The van der Waals surface area contributed by atoms with Crippen molar-refractivity contribution in [3.8, 4) is 0 Å². The maximum Gasteiger partial charge on any atom is 0.251 e. The molecule has 0 aromatic heterocycles. The number of rotatable bonds is 7. The Balaban J connectivity index is 1.75. The minimum atomic E-state index is -3.61. The van der Waals surface area contributed by atoms with Crippen LogP contribution in [-0.4, -0.2) is 20.6 Å². The molecule has 1 amide bonds. The van der Waals surface area contributed by atoms with Crippen LogP contribution in [0.4, 0.5) is 14.5 Å². The van der Waals surface area contributed by atoms with Crippen molar-refractivity contribution in [2.24, 2.45) is 0 Å². The first-order valence-corrected chi connectivity index (χ1v) is 11.4. The molecule has 0 fully saturated rings. The Kier molecular flexibility index (Phi) is 6.70. The van der Waals surface area contributed by atoms with Gasteiger partial charge in [0.15, 0.2) is 0 Å². The number of amides is 1. The second-order valence-electron chi connectivity index (χ2n) is 7.19. The zero-order valence-corrected chi connectivity index (χ0v) is 17.9. The van der Waals surface area contributed by atoms with Gasteiger partial charge in [0, 0.05) is 5.56 Å². The molecule has 3 rings (SSSR count). The maximum absolute atomic E-state index is 13.1. The minimum Gasteiger partial charge on any atom is -0.346 e. The van der Waals surface area contributed by atoms with Gasteiger partial charge in [-0.05, 0) is 66.6 Å². The molecule has 162 valence electrons. The Morgan fingerprint density at radius 1 is 0.903 bits per heavy atom. The van der Waals surface area contributed by atoms with Gasteiger partial charge in [-0.25, -0.2) is 17.2 Å². The quantitative estimate of drug-likeness (QED) is 0.587. The minimum absolute atomic E-state index is 0.0340. The Bertz CT molecular complexity index is 1150. The molecule has 1 N–H and O–H groups in total. The fourth-order valence-electron chi connectivity index (χ4n) is 3.05. The molecule has 0 spiro atoms. The van der Waals surface area contributed by atoms with E-state index < -0.39 is 15.8 Å². The van der Waals surface area contributed by atoms with Crippen molar-refractivity contribution in [1.82, 2.24) is 5.32 Å². The van der Waals surface area contributed by atoms with Gasteiger partial charge in [0.1, 0.15) is 11.6 Å². The number of anilines is 1. The van der Waals surface area contributed by atoms with Crippen LogP contribution in [0.25, 0.3) is 0 Å². The molecule has 0 aliphatic carbocycles. The molecular formula is C23H22F2N2O3S. The van der Waals surface area contributed by atoms with Crippen molar-refractivity contribution in [2.45, 2.75) is 19.5 Å². The van der Waals surface area contributed by atoms with Crippen molar-refractivity contribution >= 4 is 21.6 Å². The molecule has 0 radical (unpaired) electrons. The molecule has 3 aromatic carbocycles. The highest BCUT2D eigenvalue weighted by molar-refractivity contribution is 7.92. The van der Waals surface area contributed by atoms with E-state index in [9.17, 15) is 22.0 Å². The predicted octanol–water partition coefficient (Wildman–Crippen LogP) is 4.42. The van der Waals surface area contributed by atoms with Gasteiger partial charge in [-0.2, -0.15) is 0 Å². The van der Waals surface area contributed by atoms with Crippen molar-refractivity contribution in [3.05, 3.63) is 101 Å². The van der Waals surface area contributed by atoms with E-state index >= 15 is 0 Å². The summed E-state index contributed by atoms with van der Waals surface area (Å²) >= 11 is 0. The Labute approximate surface area is 180 Å². The Hall–Kier alpha value is -3.26. The molecule has 31 heavy (non-hydrogen) atoms. The van der Waals surface area contributed by atoms with Crippen LogP contribution in [0.3, 0.4) is 0 Å². The first kappa shape index (κ1) is 22.4. The van der Waals surface area contributed by atoms with Crippen LogP contribution >= 0.6 is 0 Å². The van der Waals surface area contributed by atoms with Crippen LogP contribution in [0, 0.1) is 11.6 Å². The highest BCUT2D eigenvalue weighted by atomic mass is 32.2. The summed E-state index contributed by atoms with van der Waals surface area (Å²) in [5, 5.41) is 2.83. The van der Waals surface area contributed by atoms with E-state index in [0.29, 0.717) is 16.8 Å². The summed E-state index contributed by atoms with van der Waals surface area (Å²) in [5.41, 5.74) is 2.12. The molecule has 8 heteroatoms. The van der Waals surface area contributed by atoms with Gasteiger partial charge in [0.2, 0.25) is 10.0 Å². The number of sulfonamides is 1. The molecule has 0 heterocycles. The van der Waals surface area contributed by atoms with Gasteiger partial charge < -0.3 is 5.32 Å². The molecule has 0 bridgehead atoms. The summed E-state index contributed by atoms with van der Waals surface area (Å²) in [6.45, 7) is 1.82. The van der Waals surface area contributed by atoms with Crippen molar-refractivity contribution < 1.29 is 22.0 Å². The highest BCUT2D eigenvalue weighted by Gasteiger charge is 2.19. The second kappa shape index (κ2) is 9.26. The van der Waals surface area contributed by atoms with Crippen LogP contribution in [-0.2, 0) is 16.6 Å². The Morgan fingerprint density at radius 3 is 1.94 bits per heavy atom. The normalized spacial score (nSPS) is 12.3. The third kappa shape index (κ3) is 5.88. The molecule has 0 saturated carbocycles. The zero-order valence-electron chi connectivity index (χ0n) is 17.0. The van der Waals surface area contributed by atoms with Crippen molar-refractivity contribution in [1.29, 1.82) is 0 Å². The van der Waals surface area contributed by atoms with Gasteiger partial charge >= 0.3 is 0 Å². The number of carbonyl (C=O) groups is 1. The van der Waals surface area contributed by atoms with E-state index in [2.05, 4.69) is 5.32 Å². The van der Waals surface area contributed by atoms with Gasteiger partial charge in [-0.15, -0.1) is 0 Å². The predicted molar refractivity (Wildman–Crippen MR) is 116 cm³/mol. The summed E-state index contributed by atoms with van der Waals surface area (Å²) in [6, 6.07) is 17.3. The highest BCUT2D eigenvalue weighted by Crippen LogP contribution is 2.22. The number of halogens is 2. The lowest BCUT2D eigenvalue weighted by Crippen LogP contribution is -2.29. The number of nitrogens with zero attached hydrogens (tertiary/aromatic N) is 1. The Morgan fingerprint density at radius 2 is 1.42 bits per heavy atom. The lowest BCUT2D eigenvalue weighted by atomic mass is 10.1. The first-order valence-electron chi connectivity index (χ1n) is 9.52. The average molecular weight is 445 g/mol. The van der Waals surface area contributed by atoms with Crippen LogP contribution in [0.5, 0.6) is 0 Å². The summed E-state index contributed by atoms with van der Waals surface area (Å²) < 4.78 is 52.0. The van der Waals surface area contributed by atoms with E-state index in [1.165, 1.54) is 52.8 Å². The fraction of sp³-hybridized carbons (Fsp3) is 0.174. The van der Waals surface area contributed by atoms with Gasteiger partial charge in [0.25, 0.3) is 5.91 Å². The average Bonchev–Trinajstić information content (AvgIpc) is 2.73. The molecule has 1 atom stereocenters. The van der Waals surface area contributed by atoms with E-state index in [-0.39, 0.29) is 24.3 Å². The van der Waals surface area contributed by atoms with Crippen LogP contribution in [0.2, 0.25) is 0 Å². The number of nitrogens with one attached hydrogen (secondary N) is 1. The fourth-order valence-corrected chi connectivity index (χ4v) is 3.94. The summed E-state index contributed by atoms with van der Waals surface area (Å²) in [6.07, 6.45) is 1.08. The number of carbonyl (C=O) groups excluding carboxylic acids is 1. The summed E-state index contributed by atoms with van der Waals surface area (Å²) in [5.74, 6) is -1.10. The summed E-state index contributed by atoms with van der Waals surface area (Å²) in [7, 11) is -3.61. The monoisotopic (exact) mass is 444 g/mol. The summed E-state index contributed by atoms with van der Waals surface area (Å²) in [4.78, 5) is 12.5. The van der Waals surface area contributed by atoms with Crippen LogP contribution in [0.1, 0.15) is 34.5 Å². The second-order valence-corrected chi connectivity index (χ2v) is 9.10. The topological polar surface area (TPSA) is 66.5 Å². The van der Waals surface area contributed by atoms with E-state index in [0.717, 1.165) is 11.8 Å². The van der Waals surface area contributed by atoms with E-state index in [1.54, 1.807) is 31.2 Å². The SMILES string of the molecule is C[C@H](NC(=O)c1ccc(N(Cc2ccc(F)cc2)S(C)(=O)=O)cc1)c1ccc(F)cc1. The first-order chi connectivity index (χ1) is 14.6. The number of benzene rings is 3. The standard InChI is InChI=1S/C23H22F2N2O3S/c1-16(18-5-11-21(25)12-6-18)26-23(28)19-7-13-22(14-8-19)27(31(2,29)30)15-17-3-9-20(24)10-4-17/h3-14,16H,15H2,1-2H3,(H,26,28)/t16-/m0/s1. The molecule has 0 saturated heterocycles. The third-order valence-electron chi connectivity index (χ3n) is 4.77. The number of hydrogen-bond acceptors (Lipinski definition) is 3. The van der Waals surface area contributed by atoms with Gasteiger partial charge in [-0.1, -0.05) is 24.3 Å². The van der Waals surface area contributed by atoms with Crippen molar-refractivity contribution in [2.75, 3.05) is 10.6 Å².